The fraction of sp³-hybridized carbons (Fsp3) is 0.667. The van der Waals surface area contributed by atoms with Gasteiger partial charge in [0, 0.05) is 12.6 Å². The number of nitrogens with zero attached hydrogens (tertiary/aromatic N) is 1. The Bertz CT molecular complexity index is 754. The standard InChI is InChI=1S/C18H26N2O4S/c1-12-11-18(3,13(12)2)16(22)24-10-6-4-5-7-15(21)20-9-8-14(25)19-17(20)23/h8-9,12-13H,4-7,10-11H2,1-3H3,(H,19,23,25). The first-order valence-electron chi connectivity index (χ1n) is 8.78. The number of rotatable bonds is 7. The van der Waals surface area contributed by atoms with Crippen molar-refractivity contribution in [1.82, 2.24) is 9.55 Å². The van der Waals surface area contributed by atoms with E-state index in [-0.39, 0.29) is 23.7 Å². The average Bonchev–Trinajstić information content (AvgIpc) is 2.57. The van der Waals surface area contributed by atoms with Gasteiger partial charge in [0.15, 0.2) is 0 Å². The second-order valence-corrected chi connectivity index (χ2v) is 7.65. The van der Waals surface area contributed by atoms with Crippen LogP contribution in [0.3, 0.4) is 0 Å². The number of H-pyrrole nitrogens is 1. The van der Waals surface area contributed by atoms with Gasteiger partial charge in [-0.1, -0.05) is 26.1 Å². The number of carbonyl (C=O) groups excluding carboxylic acids is 2. The normalized spacial score (nSPS) is 25.2. The zero-order chi connectivity index (χ0) is 18.6. The maximum Gasteiger partial charge on any atom is 0.333 e. The first-order chi connectivity index (χ1) is 11.8. The molecule has 2 rings (SSSR count). The van der Waals surface area contributed by atoms with Gasteiger partial charge in [0.25, 0.3) is 0 Å². The average molecular weight is 366 g/mol. The Kier molecular flexibility index (Phi) is 6.32. The molecular weight excluding hydrogens is 340 g/mol. The predicted molar refractivity (Wildman–Crippen MR) is 97.0 cm³/mol. The lowest BCUT2D eigenvalue weighted by Gasteiger charge is -2.48. The summed E-state index contributed by atoms with van der Waals surface area (Å²) in [6, 6.07) is 1.51. The number of nitrogens with one attached hydrogen (secondary N) is 1. The molecule has 1 fully saturated rings. The second kappa shape index (κ2) is 8.08. The second-order valence-electron chi connectivity index (χ2n) is 7.21. The predicted octanol–water partition coefficient (Wildman–Crippen LogP) is 3.33. The van der Waals surface area contributed by atoms with Crippen LogP contribution in [-0.4, -0.2) is 28.0 Å². The van der Waals surface area contributed by atoms with Crippen LogP contribution in [0.2, 0.25) is 0 Å². The third kappa shape index (κ3) is 4.45. The highest BCUT2D eigenvalue weighted by atomic mass is 32.1. The molecule has 1 aliphatic carbocycles. The lowest BCUT2D eigenvalue weighted by molar-refractivity contribution is -0.170. The summed E-state index contributed by atoms with van der Waals surface area (Å²) in [5.74, 6) is 0.548. The molecule has 1 aromatic rings. The van der Waals surface area contributed by atoms with Gasteiger partial charge in [-0.05, 0) is 50.5 Å². The van der Waals surface area contributed by atoms with Gasteiger partial charge in [-0.3, -0.25) is 14.6 Å². The Labute approximate surface area is 152 Å². The molecule has 138 valence electrons. The van der Waals surface area contributed by atoms with Crippen LogP contribution < -0.4 is 5.69 Å². The highest BCUT2D eigenvalue weighted by Gasteiger charge is 2.51. The Morgan fingerprint density at radius 1 is 1.36 bits per heavy atom. The molecule has 1 N–H and O–H groups in total. The van der Waals surface area contributed by atoms with Gasteiger partial charge in [0.2, 0.25) is 5.91 Å². The topological polar surface area (TPSA) is 81.2 Å². The number of carbonyl (C=O) groups is 2. The zero-order valence-corrected chi connectivity index (χ0v) is 15.9. The van der Waals surface area contributed by atoms with E-state index in [0.29, 0.717) is 35.9 Å². The van der Waals surface area contributed by atoms with Crippen LogP contribution in [0.4, 0.5) is 0 Å². The van der Waals surface area contributed by atoms with E-state index in [4.69, 9.17) is 17.0 Å². The summed E-state index contributed by atoms with van der Waals surface area (Å²) in [7, 11) is 0. The molecule has 0 radical (unpaired) electrons. The quantitative estimate of drug-likeness (QED) is 0.455. The zero-order valence-electron chi connectivity index (χ0n) is 15.0. The molecule has 0 saturated heterocycles. The van der Waals surface area contributed by atoms with E-state index in [1.807, 2.05) is 6.92 Å². The maximum absolute atomic E-state index is 12.2. The van der Waals surface area contributed by atoms with Crippen molar-refractivity contribution in [3.8, 4) is 0 Å². The Morgan fingerprint density at radius 3 is 2.68 bits per heavy atom. The molecule has 1 aliphatic rings. The number of unbranched alkanes of at least 4 members (excludes halogenated alkanes) is 2. The van der Waals surface area contributed by atoms with Crippen LogP contribution in [-0.2, 0) is 9.53 Å². The third-order valence-electron chi connectivity index (χ3n) is 5.43. The van der Waals surface area contributed by atoms with E-state index in [1.54, 1.807) is 0 Å². The number of hydrogen-bond acceptors (Lipinski definition) is 5. The minimum absolute atomic E-state index is 0.111. The van der Waals surface area contributed by atoms with Crippen molar-refractivity contribution in [3.63, 3.8) is 0 Å². The maximum atomic E-state index is 12.2. The van der Waals surface area contributed by atoms with E-state index >= 15 is 0 Å². The van der Waals surface area contributed by atoms with Crippen molar-refractivity contribution in [2.45, 2.75) is 52.9 Å². The van der Waals surface area contributed by atoms with Gasteiger partial charge in [0.05, 0.1) is 12.0 Å². The molecular formula is C18H26N2O4S. The van der Waals surface area contributed by atoms with Gasteiger partial charge >= 0.3 is 11.7 Å². The Balaban J connectivity index is 1.65. The molecule has 25 heavy (non-hydrogen) atoms. The molecule has 0 bridgehead atoms. The molecule has 7 heteroatoms. The van der Waals surface area contributed by atoms with E-state index in [9.17, 15) is 14.4 Å². The molecule has 0 spiro atoms. The molecule has 1 heterocycles. The first kappa shape index (κ1) is 19.6. The summed E-state index contributed by atoms with van der Waals surface area (Å²) in [5.41, 5.74) is -0.854. The lowest BCUT2D eigenvalue weighted by atomic mass is 9.56. The van der Waals surface area contributed by atoms with Crippen molar-refractivity contribution in [2.75, 3.05) is 6.61 Å². The molecule has 0 amide bonds. The SMILES string of the molecule is CC1CC(C)(C(=O)OCCCCCC(=O)n2ccc(=S)[nH]c2=O)C1C. The van der Waals surface area contributed by atoms with Crippen LogP contribution in [0.25, 0.3) is 0 Å². The van der Waals surface area contributed by atoms with Gasteiger partial charge in [-0.15, -0.1) is 0 Å². The fourth-order valence-electron chi connectivity index (χ4n) is 3.39. The fourth-order valence-corrected chi connectivity index (χ4v) is 3.54. The van der Waals surface area contributed by atoms with Crippen molar-refractivity contribution < 1.29 is 14.3 Å². The van der Waals surface area contributed by atoms with E-state index in [1.165, 1.54) is 12.3 Å². The van der Waals surface area contributed by atoms with Crippen LogP contribution in [0.1, 0.15) is 57.7 Å². The van der Waals surface area contributed by atoms with Gasteiger partial charge in [0.1, 0.15) is 4.64 Å². The highest BCUT2D eigenvalue weighted by molar-refractivity contribution is 7.71. The number of esters is 1. The molecule has 0 aliphatic heterocycles. The third-order valence-corrected chi connectivity index (χ3v) is 5.67. The van der Waals surface area contributed by atoms with Gasteiger partial charge < -0.3 is 4.74 Å². The van der Waals surface area contributed by atoms with Crippen LogP contribution in [0.15, 0.2) is 17.1 Å². The molecule has 3 atom stereocenters. The summed E-state index contributed by atoms with van der Waals surface area (Å²) in [6.45, 7) is 6.60. The number of aromatic nitrogens is 2. The van der Waals surface area contributed by atoms with Crippen LogP contribution in [0.5, 0.6) is 0 Å². The summed E-state index contributed by atoms with van der Waals surface area (Å²) >= 11 is 4.83. The smallest absolute Gasteiger partial charge is 0.333 e. The molecule has 1 saturated carbocycles. The minimum Gasteiger partial charge on any atom is -0.465 e. The highest BCUT2D eigenvalue weighted by Crippen LogP contribution is 2.51. The molecule has 1 aromatic heterocycles. The van der Waals surface area contributed by atoms with E-state index in [2.05, 4.69) is 18.8 Å². The number of hydrogen-bond donors (Lipinski definition) is 1. The molecule has 0 aromatic carbocycles. The summed E-state index contributed by atoms with van der Waals surface area (Å²) in [4.78, 5) is 38.2. The van der Waals surface area contributed by atoms with E-state index in [0.717, 1.165) is 17.4 Å². The number of aromatic amines is 1. The number of ether oxygens (including phenoxy) is 1. The summed E-state index contributed by atoms with van der Waals surface area (Å²) in [6.07, 6.45) is 4.67. The Morgan fingerprint density at radius 2 is 2.08 bits per heavy atom. The largest absolute Gasteiger partial charge is 0.465 e. The summed E-state index contributed by atoms with van der Waals surface area (Å²) in [5, 5.41) is 0. The Hall–Kier alpha value is -1.76. The van der Waals surface area contributed by atoms with E-state index < -0.39 is 5.69 Å². The minimum atomic E-state index is -0.511. The molecule has 6 nitrogen and oxygen atoms in total. The summed E-state index contributed by atoms with van der Waals surface area (Å²) < 4.78 is 6.74. The molecule has 3 unspecified atom stereocenters. The van der Waals surface area contributed by atoms with Crippen molar-refractivity contribution in [1.29, 1.82) is 0 Å². The van der Waals surface area contributed by atoms with Crippen molar-refractivity contribution in [2.24, 2.45) is 17.3 Å². The van der Waals surface area contributed by atoms with Crippen LogP contribution in [0, 0.1) is 21.9 Å². The van der Waals surface area contributed by atoms with Crippen molar-refractivity contribution in [3.05, 3.63) is 27.4 Å². The van der Waals surface area contributed by atoms with Crippen molar-refractivity contribution >= 4 is 24.1 Å². The lowest BCUT2D eigenvalue weighted by Crippen LogP contribution is -2.49. The van der Waals surface area contributed by atoms with Gasteiger partial charge in [-0.2, -0.15) is 0 Å². The van der Waals surface area contributed by atoms with Gasteiger partial charge in [-0.25, -0.2) is 9.36 Å². The first-order valence-corrected chi connectivity index (χ1v) is 9.19. The van der Waals surface area contributed by atoms with Crippen LogP contribution >= 0.6 is 12.2 Å². The monoisotopic (exact) mass is 366 g/mol.